The van der Waals surface area contributed by atoms with E-state index < -0.39 is 10.7 Å². The number of amides is 2. The summed E-state index contributed by atoms with van der Waals surface area (Å²) < 4.78 is 5.58. The van der Waals surface area contributed by atoms with Crippen molar-refractivity contribution in [1.29, 1.82) is 0 Å². The molecule has 2 aliphatic heterocycles. The summed E-state index contributed by atoms with van der Waals surface area (Å²) in [5.41, 5.74) is 1.91. The molecular weight excluding hydrogens is 389 g/mol. The molecule has 27 heavy (non-hydrogen) atoms. The van der Waals surface area contributed by atoms with Crippen LogP contribution >= 0.6 is 23.2 Å². The fourth-order valence-corrected chi connectivity index (χ4v) is 3.62. The number of carbonyl (C=O) groups excluding carboxylic acids is 2. The molecule has 2 saturated heterocycles. The molecule has 2 N–H and O–H groups in total. The summed E-state index contributed by atoms with van der Waals surface area (Å²) in [6, 6.07) is 5.33. The maximum atomic E-state index is 12.9. The van der Waals surface area contributed by atoms with E-state index in [0.29, 0.717) is 17.8 Å². The molecule has 0 aromatic heterocycles. The van der Waals surface area contributed by atoms with Gasteiger partial charge in [0.2, 0.25) is 0 Å². The molecular formula is C19H25Cl2N3O3. The molecule has 0 saturated carbocycles. The van der Waals surface area contributed by atoms with Gasteiger partial charge in [0.1, 0.15) is 0 Å². The van der Waals surface area contributed by atoms with Crippen molar-refractivity contribution in [2.75, 3.05) is 36.5 Å². The van der Waals surface area contributed by atoms with Gasteiger partial charge in [-0.2, -0.15) is 0 Å². The second kappa shape index (κ2) is 9.62. The largest absolute Gasteiger partial charge is 0.376 e. The molecule has 1 atom stereocenters. The number of hydrogen-bond acceptors (Lipinski definition) is 4. The minimum absolute atomic E-state index is 0.0727. The number of anilines is 2. The first kappa shape index (κ1) is 20.2. The van der Waals surface area contributed by atoms with Gasteiger partial charge in [0.05, 0.1) is 11.7 Å². The monoisotopic (exact) mass is 413 g/mol. The maximum Gasteiger partial charge on any atom is 0.257 e. The van der Waals surface area contributed by atoms with Gasteiger partial charge in [0.25, 0.3) is 11.8 Å². The van der Waals surface area contributed by atoms with Crippen LogP contribution < -0.4 is 15.5 Å². The number of hydrogen-bond donors (Lipinski definition) is 2. The van der Waals surface area contributed by atoms with Crippen LogP contribution in [0.2, 0.25) is 0 Å². The quantitative estimate of drug-likeness (QED) is 0.701. The first-order valence-electron chi connectivity index (χ1n) is 9.42. The van der Waals surface area contributed by atoms with Crippen LogP contribution in [0.5, 0.6) is 0 Å². The summed E-state index contributed by atoms with van der Waals surface area (Å²) in [4.78, 5) is 25.7. The Labute approximate surface area is 169 Å². The first-order chi connectivity index (χ1) is 13.0. The Morgan fingerprint density at radius 3 is 2.63 bits per heavy atom. The fraction of sp³-hybridized carbons (Fsp3) is 0.579. The molecule has 6 nitrogen and oxygen atoms in total. The van der Waals surface area contributed by atoms with Crippen LogP contribution in [0.4, 0.5) is 11.4 Å². The van der Waals surface area contributed by atoms with E-state index in [0.717, 1.165) is 51.1 Å². The molecule has 0 radical (unpaired) electrons. The van der Waals surface area contributed by atoms with Gasteiger partial charge in [-0.25, -0.2) is 0 Å². The number of alkyl halides is 2. The number of carbonyl (C=O) groups is 2. The maximum absolute atomic E-state index is 12.9. The molecule has 1 aromatic carbocycles. The molecule has 2 fully saturated rings. The summed E-state index contributed by atoms with van der Waals surface area (Å²) in [6.45, 7) is 3.08. The fourth-order valence-electron chi connectivity index (χ4n) is 3.51. The number of nitrogens with one attached hydrogen (secondary N) is 2. The number of nitrogens with zero attached hydrogens (tertiary/aromatic N) is 1. The van der Waals surface area contributed by atoms with E-state index in [1.165, 1.54) is 6.42 Å². The van der Waals surface area contributed by atoms with Crippen LogP contribution in [0.3, 0.4) is 0 Å². The van der Waals surface area contributed by atoms with Crippen molar-refractivity contribution < 1.29 is 14.3 Å². The number of benzene rings is 1. The molecule has 148 valence electrons. The van der Waals surface area contributed by atoms with Gasteiger partial charge < -0.3 is 20.3 Å². The predicted octanol–water partition coefficient (Wildman–Crippen LogP) is 3.33. The van der Waals surface area contributed by atoms with E-state index in [9.17, 15) is 9.59 Å². The summed E-state index contributed by atoms with van der Waals surface area (Å²) in [6.07, 6.45) is 5.48. The Kier molecular flexibility index (Phi) is 7.21. The minimum Gasteiger partial charge on any atom is -0.376 e. The Morgan fingerprint density at radius 2 is 1.96 bits per heavy atom. The van der Waals surface area contributed by atoms with E-state index in [4.69, 9.17) is 27.9 Å². The molecule has 2 heterocycles. The van der Waals surface area contributed by atoms with E-state index in [-0.39, 0.29) is 12.0 Å². The van der Waals surface area contributed by atoms with Gasteiger partial charge in [-0.15, -0.1) is 0 Å². The van der Waals surface area contributed by atoms with Gasteiger partial charge in [-0.3, -0.25) is 9.59 Å². The zero-order valence-corrected chi connectivity index (χ0v) is 16.7. The molecule has 8 heteroatoms. The molecule has 1 aromatic rings. The van der Waals surface area contributed by atoms with Gasteiger partial charge in [-0.05, 0) is 50.3 Å². The lowest BCUT2D eigenvalue weighted by atomic mass is 10.1. The van der Waals surface area contributed by atoms with Gasteiger partial charge >= 0.3 is 0 Å². The second-order valence-corrected chi connectivity index (χ2v) is 8.01. The number of piperidine rings is 1. The Hall–Kier alpha value is -1.50. The van der Waals surface area contributed by atoms with Gasteiger partial charge in [0.15, 0.2) is 4.84 Å². The van der Waals surface area contributed by atoms with Gasteiger partial charge in [0, 0.05) is 37.6 Å². The topological polar surface area (TPSA) is 70.7 Å². The third-order valence-electron chi connectivity index (χ3n) is 4.92. The van der Waals surface area contributed by atoms with E-state index >= 15 is 0 Å². The molecule has 2 amide bonds. The second-order valence-electron chi connectivity index (χ2n) is 6.91. The highest BCUT2D eigenvalue weighted by Gasteiger charge is 2.22. The van der Waals surface area contributed by atoms with Crippen LogP contribution in [-0.2, 0) is 9.53 Å². The molecule has 0 unspecified atom stereocenters. The van der Waals surface area contributed by atoms with Gasteiger partial charge in [-0.1, -0.05) is 23.2 Å². The van der Waals surface area contributed by atoms with Crippen molar-refractivity contribution in [2.24, 2.45) is 0 Å². The van der Waals surface area contributed by atoms with E-state index in [1.807, 2.05) is 6.07 Å². The summed E-state index contributed by atoms with van der Waals surface area (Å²) in [5.74, 6) is -0.690. The number of rotatable bonds is 6. The van der Waals surface area contributed by atoms with Crippen LogP contribution in [0.15, 0.2) is 18.2 Å². The Morgan fingerprint density at radius 1 is 1.19 bits per heavy atom. The average molecular weight is 414 g/mol. The highest BCUT2D eigenvalue weighted by molar-refractivity contribution is 6.54. The lowest BCUT2D eigenvalue weighted by Gasteiger charge is -2.30. The smallest absolute Gasteiger partial charge is 0.257 e. The van der Waals surface area contributed by atoms with E-state index in [2.05, 4.69) is 15.5 Å². The van der Waals surface area contributed by atoms with Crippen LogP contribution in [0.25, 0.3) is 0 Å². The Bertz CT molecular complexity index is 672. The van der Waals surface area contributed by atoms with Crippen molar-refractivity contribution >= 4 is 46.4 Å². The number of halogens is 2. The molecule has 3 rings (SSSR count). The van der Waals surface area contributed by atoms with Crippen molar-refractivity contribution in [1.82, 2.24) is 5.32 Å². The molecule has 0 aliphatic carbocycles. The number of ether oxygens (including phenoxy) is 1. The molecule has 0 spiro atoms. The Balaban J connectivity index is 1.78. The van der Waals surface area contributed by atoms with Crippen molar-refractivity contribution in [3.05, 3.63) is 23.8 Å². The van der Waals surface area contributed by atoms with E-state index in [1.54, 1.807) is 12.1 Å². The minimum atomic E-state index is -1.16. The lowest BCUT2D eigenvalue weighted by Crippen LogP contribution is -2.35. The normalized spacial score (nSPS) is 20.0. The summed E-state index contributed by atoms with van der Waals surface area (Å²) >= 11 is 11.2. The highest BCUT2D eigenvalue weighted by Crippen LogP contribution is 2.27. The zero-order valence-electron chi connectivity index (χ0n) is 15.2. The third kappa shape index (κ3) is 5.50. The highest BCUT2D eigenvalue weighted by atomic mass is 35.5. The summed E-state index contributed by atoms with van der Waals surface area (Å²) in [7, 11) is 0. The predicted molar refractivity (Wildman–Crippen MR) is 108 cm³/mol. The molecule has 0 bridgehead atoms. The zero-order chi connectivity index (χ0) is 19.2. The van der Waals surface area contributed by atoms with Crippen LogP contribution in [-0.4, -0.2) is 49.0 Å². The van der Waals surface area contributed by atoms with Crippen LogP contribution in [0, 0.1) is 0 Å². The van der Waals surface area contributed by atoms with Crippen molar-refractivity contribution in [3.63, 3.8) is 0 Å². The summed E-state index contributed by atoms with van der Waals surface area (Å²) in [5, 5.41) is 5.61. The van der Waals surface area contributed by atoms with Crippen LogP contribution in [0.1, 0.15) is 42.5 Å². The average Bonchev–Trinajstić information content (AvgIpc) is 3.20. The van der Waals surface area contributed by atoms with Crippen molar-refractivity contribution in [3.8, 4) is 0 Å². The lowest BCUT2D eigenvalue weighted by molar-refractivity contribution is -0.114. The standard InChI is InChI=1S/C19H25Cl2N3O3/c20-17(21)19(26)23-13-6-7-16(24-8-2-1-3-9-24)15(11-13)18(25)22-12-14-5-4-10-27-14/h6-7,11,14,17H,1-5,8-10,12H2,(H,22,25)(H,23,26)/t14-/m1/s1. The van der Waals surface area contributed by atoms with Crippen molar-refractivity contribution in [2.45, 2.75) is 43.0 Å². The SMILES string of the molecule is O=C(NC[C@H]1CCCO1)c1cc(NC(=O)C(Cl)Cl)ccc1N1CCCCC1. The molecule has 2 aliphatic rings. The third-order valence-corrected chi connectivity index (χ3v) is 5.31. The first-order valence-corrected chi connectivity index (χ1v) is 10.3.